The SMILES string of the molecule is C[C@H](NC(=O)OCc1ccccc1)C(=O)N[C@@H](CSCc1ccccc1)C(=O)N[C@@H](C)C(=O)OC(C)(C)C. The summed E-state index contributed by atoms with van der Waals surface area (Å²) in [5, 5.41) is 7.78. The molecule has 0 heterocycles. The first-order valence-corrected chi connectivity index (χ1v) is 13.5. The molecule has 0 spiro atoms. The Morgan fingerprint density at radius 2 is 1.37 bits per heavy atom. The van der Waals surface area contributed by atoms with Crippen molar-refractivity contribution in [2.75, 3.05) is 5.75 Å². The molecule has 0 aliphatic carbocycles. The molecule has 0 aliphatic heterocycles. The fourth-order valence-corrected chi connectivity index (χ4v) is 4.14. The van der Waals surface area contributed by atoms with Crippen LogP contribution in [0, 0.1) is 0 Å². The highest BCUT2D eigenvalue weighted by Gasteiger charge is 2.29. The lowest BCUT2D eigenvalue weighted by Crippen LogP contribution is -2.56. The Hall–Kier alpha value is -3.53. The third kappa shape index (κ3) is 11.7. The Labute approximate surface area is 228 Å². The van der Waals surface area contributed by atoms with E-state index in [1.165, 1.54) is 25.6 Å². The van der Waals surface area contributed by atoms with Gasteiger partial charge in [-0.05, 0) is 45.7 Å². The number of alkyl carbamates (subject to hydrolysis) is 1. The summed E-state index contributed by atoms with van der Waals surface area (Å²) in [6.07, 6.45) is -0.755. The lowest BCUT2D eigenvalue weighted by molar-refractivity contribution is -0.158. The van der Waals surface area contributed by atoms with Gasteiger partial charge in [-0.2, -0.15) is 11.8 Å². The Morgan fingerprint density at radius 3 is 1.95 bits per heavy atom. The molecule has 0 saturated carbocycles. The van der Waals surface area contributed by atoms with Crippen LogP contribution in [-0.2, 0) is 36.2 Å². The van der Waals surface area contributed by atoms with Crippen LogP contribution in [0.15, 0.2) is 60.7 Å². The van der Waals surface area contributed by atoms with Gasteiger partial charge in [0.2, 0.25) is 11.8 Å². The van der Waals surface area contributed by atoms with Gasteiger partial charge in [0.05, 0.1) is 0 Å². The van der Waals surface area contributed by atoms with Crippen LogP contribution in [0.1, 0.15) is 45.7 Å². The van der Waals surface area contributed by atoms with Crippen LogP contribution in [-0.4, -0.2) is 53.4 Å². The fraction of sp³-hybridized carbons (Fsp3) is 0.429. The first kappa shape index (κ1) is 30.7. The van der Waals surface area contributed by atoms with E-state index in [-0.39, 0.29) is 12.4 Å². The monoisotopic (exact) mass is 543 g/mol. The molecule has 0 saturated heterocycles. The highest BCUT2D eigenvalue weighted by molar-refractivity contribution is 7.98. The predicted molar refractivity (Wildman–Crippen MR) is 147 cm³/mol. The highest BCUT2D eigenvalue weighted by atomic mass is 32.2. The molecule has 2 aromatic carbocycles. The van der Waals surface area contributed by atoms with Gasteiger partial charge in [0.15, 0.2) is 0 Å². The van der Waals surface area contributed by atoms with Gasteiger partial charge in [-0.25, -0.2) is 9.59 Å². The van der Waals surface area contributed by atoms with Crippen LogP contribution in [0.25, 0.3) is 0 Å². The van der Waals surface area contributed by atoms with Crippen molar-refractivity contribution in [2.24, 2.45) is 0 Å². The van der Waals surface area contributed by atoms with E-state index in [9.17, 15) is 19.2 Å². The summed E-state index contributed by atoms with van der Waals surface area (Å²) in [5.41, 5.74) is 1.18. The maximum Gasteiger partial charge on any atom is 0.408 e. The van der Waals surface area contributed by atoms with E-state index in [2.05, 4.69) is 16.0 Å². The molecule has 0 aliphatic rings. The number of carbonyl (C=O) groups is 4. The standard InChI is InChI=1S/C28H37N3O6S/c1-19(30-27(35)36-16-21-12-8-6-9-13-21)24(32)31-23(18-38-17-22-14-10-7-11-15-22)25(33)29-20(2)26(34)37-28(3,4)5/h6-15,19-20,23H,16-18H2,1-5H3,(H,29,33)(H,30,35)(H,31,32)/t19-,20-,23-/m0/s1. The van der Waals surface area contributed by atoms with E-state index in [0.717, 1.165) is 11.1 Å². The molecule has 3 amide bonds. The molecule has 9 nitrogen and oxygen atoms in total. The zero-order valence-corrected chi connectivity index (χ0v) is 23.3. The molecule has 0 unspecified atom stereocenters. The average molecular weight is 544 g/mol. The average Bonchev–Trinajstić information content (AvgIpc) is 2.86. The predicted octanol–water partition coefficient (Wildman–Crippen LogP) is 3.57. The zero-order valence-electron chi connectivity index (χ0n) is 22.5. The van der Waals surface area contributed by atoms with Gasteiger partial charge in [-0.1, -0.05) is 60.7 Å². The van der Waals surface area contributed by atoms with Crippen molar-refractivity contribution in [3.05, 3.63) is 71.8 Å². The van der Waals surface area contributed by atoms with Gasteiger partial charge >= 0.3 is 12.1 Å². The smallest absolute Gasteiger partial charge is 0.408 e. The first-order valence-electron chi connectivity index (χ1n) is 12.4. The van der Waals surface area contributed by atoms with Crippen molar-refractivity contribution >= 4 is 35.6 Å². The molecular formula is C28H37N3O6S. The topological polar surface area (TPSA) is 123 Å². The number of rotatable bonds is 12. The number of thioether (sulfide) groups is 1. The summed E-state index contributed by atoms with van der Waals surface area (Å²) in [7, 11) is 0. The second-order valence-electron chi connectivity index (χ2n) is 9.75. The third-order valence-electron chi connectivity index (χ3n) is 5.09. The molecule has 2 rings (SSSR count). The maximum absolute atomic E-state index is 13.0. The fourth-order valence-electron chi connectivity index (χ4n) is 3.12. The molecule has 38 heavy (non-hydrogen) atoms. The Morgan fingerprint density at radius 1 is 0.789 bits per heavy atom. The maximum atomic E-state index is 13.0. The first-order chi connectivity index (χ1) is 17.9. The van der Waals surface area contributed by atoms with E-state index in [4.69, 9.17) is 9.47 Å². The molecule has 3 atom stereocenters. The van der Waals surface area contributed by atoms with E-state index < -0.39 is 47.6 Å². The van der Waals surface area contributed by atoms with Crippen molar-refractivity contribution in [1.82, 2.24) is 16.0 Å². The normalized spacial score (nSPS) is 13.4. The third-order valence-corrected chi connectivity index (χ3v) is 6.20. The van der Waals surface area contributed by atoms with Crippen molar-refractivity contribution in [3.8, 4) is 0 Å². The number of hydrogen-bond donors (Lipinski definition) is 3. The summed E-state index contributed by atoms with van der Waals surface area (Å²) in [6.45, 7) is 8.29. The summed E-state index contributed by atoms with van der Waals surface area (Å²) in [6, 6.07) is 16.0. The van der Waals surface area contributed by atoms with E-state index in [0.29, 0.717) is 5.75 Å². The van der Waals surface area contributed by atoms with Gasteiger partial charge in [-0.3, -0.25) is 9.59 Å². The van der Waals surface area contributed by atoms with Crippen molar-refractivity contribution < 1.29 is 28.7 Å². The number of carbonyl (C=O) groups excluding carboxylic acids is 4. The van der Waals surface area contributed by atoms with Crippen LogP contribution >= 0.6 is 11.8 Å². The number of ether oxygens (including phenoxy) is 2. The zero-order chi connectivity index (χ0) is 28.1. The number of nitrogens with one attached hydrogen (secondary N) is 3. The quantitative estimate of drug-likeness (QED) is 0.350. The molecule has 0 aromatic heterocycles. The van der Waals surface area contributed by atoms with Gasteiger partial charge in [0.25, 0.3) is 0 Å². The summed E-state index contributed by atoms with van der Waals surface area (Å²) in [4.78, 5) is 50.4. The van der Waals surface area contributed by atoms with E-state index in [1.54, 1.807) is 20.8 Å². The van der Waals surface area contributed by atoms with E-state index in [1.807, 2.05) is 60.7 Å². The van der Waals surface area contributed by atoms with Crippen molar-refractivity contribution in [1.29, 1.82) is 0 Å². The van der Waals surface area contributed by atoms with Crippen LogP contribution in [0.5, 0.6) is 0 Å². The molecule has 10 heteroatoms. The molecule has 3 N–H and O–H groups in total. The Balaban J connectivity index is 1.96. The summed E-state index contributed by atoms with van der Waals surface area (Å²) >= 11 is 1.46. The van der Waals surface area contributed by atoms with Crippen LogP contribution in [0.4, 0.5) is 4.79 Å². The lowest BCUT2D eigenvalue weighted by Gasteiger charge is -2.25. The molecule has 0 bridgehead atoms. The van der Waals surface area contributed by atoms with Crippen LogP contribution in [0.3, 0.4) is 0 Å². The van der Waals surface area contributed by atoms with Crippen LogP contribution in [0.2, 0.25) is 0 Å². The number of benzene rings is 2. The minimum atomic E-state index is -0.962. The molecule has 206 valence electrons. The lowest BCUT2D eigenvalue weighted by atomic mass is 10.2. The molecule has 0 fully saturated rings. The minimum absolute atomic E-state index is 0.0602. The Bertz CT molecular complexity index is 1060. The van der Waals surface area contributed by atoms with Crippen molar-refractivity contribution in [3.63, 3.8) is 0 Å². The number of amides is 3. The van der Waals surface area contributed by atoms with Crippen LogP contribution < -0.4 is 16.0 Å². The largest absolute Gasteiger partial charge is 0.458 e. The molecule has 2 aromatic rings. The number of esters is 1. The van der Waals surface area contributed by atoms with Crippen molar-refractivity contribution in [2.45, 2.75) is 70.7 Å². The van der Waals surface area contributed by atoms with Gasteiger partial charge < -0.3 is 25.4 Å². The van der Waals surface area contributed by atoms with Gasteiger partial charge in [0.1, 0.15) is 30.3 Å². The second kappa shape index (κ2) is 15.0. The summed E-state index contributed by atoms with van der Waals surface area (Å²) < 4.78 is 10.5. The molecule has 0 radical (unpaired) electrons. The molecular weight excluding hydrogens is 506 g/mol. The highest BCUT2D eigenvalue weighted by Crippen LogP contribution is 2.14. The van der Waals surface area contributed by atoms with Gasteiger partial charge in [0, 0.05) is 11.5 Å². The Kier molecular flexibility index (Phi) is 12.1. The minimum Gasteiger partial charge on any atom is -0.458 e. The number of hydrogen-bond acceptors (Lipinski definition) is 7. The summed E-state index contributed by atoms with van der Waals surface area (Å²) in [5.74, 6) is -0.798. The van der Waals surface area contributed by atoms with Gasteiger partial charge in [-0.15, -0.1) is 0 Å². The second-order valence-corrected chi connectivity index (χ2v) is 10.8. The van der Waals surface area contributed by atoms with E-state index >= 15 is 0 Å².